The van der Waals surface area contributed by atoms with Crippen molar-refractivity contribution in [2.75, 3.05) is 33.3 Å². The van der Waals surface area contributed by atoms with E-state index in [0.29, 0.717) is 43.3 Å². The Hall–Kier alpha value is -2.42. The van der Waals surface area contributed by atoms with E-state index < -0.39 is 10.0 Å². The molecule has 0 aromatic heterocycles. The third-order valence-electron chi connectivity index (χ3n) is 6.70. The zero-order chi connectivity index (χ0) is 24.2. The Kier molecular flexibility index (Phi) is 7.60. The number of benzene rings is 2. The van der Waals surface area contributed by atoms with Crippen LogP contribution in [0.15, 0.2) is 58.4 Å². The van der Waals surface area contributed by atoms with E-state index in [1.807, 2.05) is 36.4 Å². The molecule has 1 saturated heterocycles. The number of aliphatic imine (C=N–C) groups is 1. The Morgan fingerprint density at radius 2 is 1.71 bits per heavy atom. The van der Waals surface area contributed by atoms with E-state index in [0.717, 1.165) is 36.7 Å². The van der Waals surface area contributed by atoms with Crippen molar-refractivity contribution in [2.45, 2.75) is 50.1 Å². The zero-order valence-electron chi connectivity index (χ0n) is 20.4. The predicted molar refractivity (Wildman–Crippen MR) is 136 cm³/mol. The van der Waals surface area contributed by atoms with Crippen LogP contribution in [-0.2, 0) is 23.0 Å². The second-order valence-electron chi connectivity index (χ2n) is 9.59. The summed E-state index contributed by atoms with van der Waals surface area (Å²) in [5.41, 5.74) is 2.00. The summed E-state index contributed by atoms with van der Waals surface area (Å²) in [7, 11) is -1.85. The van der Waals surface area contributed by atoms with Gasteiger partial charge in [-0.25, -0.2) is 8.42 Å². The first kappa shape index (κ1) is 24.7. The number of ether oxygens (including phenoxy) is 1. The third-order valence-corrected chi connectivity index (χ3v) is 8.61. The summed E-state index contributed by atoms with van der Waals surface area (Å²) in [6, 6.07) is 15.4. The lowest BCUT2D eigenvalue weighted by Gasteiger charge is -2.44. The standard InChI is InChI=1S/C26H36N4O3S/c1-20(2)18-21-6-10-24(11-7-21)34(31,32)30-16-12-26(13-17-30)25(27-14-15-29-26)28-19-22-4-8-23(33-3)9-5-22/h4-11,20,29H,12-19H2,1-3H3,(H,27,28). The van der Waals surface area contributed by atoms with Crippen LogP contribution in [0.5, 0.6) is 5.75 Å². The lowest BCUT2D eigenvalue weighted by atomic mass is 9.85. The van der Waals surface area contributed by atoms with Crippen molar-refractivity contribution in [2.24, 2.45) is 10.9 Å². The van der Waals surface area contributed by atoms with Gasteiger partial charge >= 0.3 is 0 Å². The number of amidine groups is 1. The highest BCUT2D eigenvalue weighted by atomic mass is 32.2. The molecule has 8 heteroatoms. The highest BCUT2D eigenvalue weighted by Crippen LogP contribution is 2.29. The van der Waals surface area contributed by atoms with Gasteiger partial charge in [-0.15, -0.1) is 0 Å². The molecule has 4 rings (SSSR count). The van der Waals surface area contributed by atoms with E-state index >= 15 is 0 Å². The molecule has 184 valence electrons. The highest BCUT2D eigenvalue weighted by Gasteiger charge is 2.43. The first-order chi connectivity index (χ1) is 16.3. The number of hydrogen-bond donors (Lipinski definition) is 2. The number of piperidine rings is 1. The Bertz CT molecular complexity index is 1090. The minimum Gasteiger partial charge on any atom is -0.497 e. The van der Waals surface area contributed by atoms with E-state index in [1.165, 1.54) is 5.56 Å². The molecule has 2 aromatic rings. The van der Waals surface area contributed by atoms with Gasteiger partial charge in [0, 0.05) is 26.2 Å². The van der Waals surface area contributed by atoms with Crippen LogP contribution in [0.2, 0.25) is 0 Å². The van der Waals surface area contributed by atoms with Gasteiger partial charge in [0.05, 0.1) is 24.1 Å². The van der Waals surface area contributed by atoms with Crippen LogP contribution in [-0.4, -0.2) is 57.4 Å². The molecule has 0 amide bonds. The van der Waals surface area contributed by atoms with E-state index in [9.17, 15) is 8.42 Å². The Morgan fingerprint density at radius 1 is 1.06 bits per heavy atom. The summed E-state index contributed by atoms with van der Waals surface area (Å²) in [5, 5.41) is 7.16. The molecule has 0 atom stereocenters. The number of rotatable bonds is 7. The molecule has 2 heterocycles. The lowest BCUT2D eigenvalue weighted by molar-refractivity contribution is 0.241. The second kappa shape index (κ2) is 10.5. The quantitative estimate of drug-likeness (QED) is 0.631. The van der Waals surface area contributed by atoms with Crippen LogP contribution in [0.3, 0.4) is 0 Å². The van der Waals surface area contributed by atoms with Crippen molar-refractivity contribution in [3.63, 3.8) is 0 Å². The molecule has 1 fully saturated rings. The molecular formula is C26H36N4O3S. The fraction of sp³-hybridized carbons (Fsp3) is 0.500. The minimum absolute atomic E-state index is 0.308. The van der Waals surface area contributed by atoms with Crippen LogP contribution in [0.25, 0.3) is 0 Å². The average molecular weight is 485 g/mol. The van der Waals surface area contributed by atoms with Gasteiger partial charge in [0.15, 0.2) is 0 Å². The molecule has 0 unspecified atom stereocenters. The van der Waals surface area contributed by atoms with E-state index in [2.05, 4.69) is 24.5 Å². The van der Waals surface area contributed by atoms with Crippen molar-refractivity contribution in [1.82, 2.24) is 14.9 Å². The molecule has 0 aliphatic carbocycles. The highest BCUT2D eigenvalue weighted by molar-refractivity contribution is 7.89. The molecule has 2 N–H and O–H groups in total. The number of nitrogens with zero attached hydrogens (tertiary/aromatic N) is 2. The van der Waals surface area contributed by atoms with Crippen LogP contribution < -0.4 is 15.4 Å². The van der Waals surface area contributed by atoms with Gasteiger partial charge < -0.3 is 15.4 Å². The summed E-state index contributed by atoms with van der Waals surface area (Å²) >= 11 is 0. The number of nitrogens with one attached hydrogen (secondary N) is 2. The topological polar surface area (TPSA) is 83.0 Å². The van der Waals surface area contributed by atoms with Gasteiger partial charge in [-0.05, 0) is 60.6 Å². The number of sulfonamides is 1. The SMILES string of the molecule is COc1ccc(CNC2=NCCNC23CCN(S(=O)(=O)c2ccc(CC(C)C)cc2)CC3)cc1. The van der Waals surface area contributed by atoms with Crippen LogP contribution in [0.4, 0.5) is 0 Å². The maximum absolute atomic E-state index is 13.3. The van der Waals surface area contributed by atoms with Crippen molar-refractivity contribution in [3.8, 4) is 5.75 Å². The van der Waals surface area contributed by atoms with Gasteiger partial charge in [0.1, 0.15) is 11.6 Å². The van der Waals surface area contributed by atoms with E-state index in [-0.39, 0.29) is 5.54 Å². The monoisotopic (exact) mass is 484 g/mol. The molecule has 1 spiro atoms. The first-order valence-corrected chi connectivity index (χ1v) is 13.5. The molecule has 2 aromatic carbocycles. The van der Waals surface area contributed by atoms with Crippen molar-refractivity contribution >= 4 is 15.9 Å². The molecule has 7 nitrogen and oxygen atoms in total. The van der Waals surface area contributed by atoms with Crippen molar-refractivity contribution in [1.29, 1.82) is 0 Å². The Morgan fingerprint density at radius 3 is 2.32 bits per heavy atom. The third kappa shape index (κ3) is 5.45. The summed E-state index contributed by atoms with van der Waals surface area (Å²) in [4.78, 5) is 5.16. The smallest absolute Gasteiger partial charge is 0.243 e. The predicted octanol–water partition coefficient (Wildman–Crippen LogP) is 3.21. The average Bonchev–Trinajstić information content (AvgIpc) is 2.84. The molecular weight excluding hydrogens is 448 g/mol. The first-order valence-electron chi connectivity index (χ1n) is 12.1. The van der Waals surface area contributed by atoms with Crippen LogP contribution >= 0.6 is 0 Å². The molecule has 0 bridgehead atoms. The maximum atomic E-state index is 13.3. The largest absolute Gasteiger partial charge is 0.497 e. The number of hydrogen-bond acceptors (Lipinski definition) is 6. The summed E-state index contributed by atoms with van der Waals surface area (Å²) in [6.45, 7) is 7.44. The van der Waals surface area contributed by atoms with Gasteiger partial charge in [-0.1, -0.05) is 38.1 Å². The fourth-order valence-corrected chi connectivity index (χ4v) is 6.23. The molecule has 0 saturated carbocycles. The zero-order valence-corrected chi connectivity index (χ0v) is 21.2. The second-order valence-corrected chi connectivity index (χ2v) is 11.5. The van der Waals surface area contributed by atoms with Gasteiger partial charge in [-0.2, -0.15) is 4.31 Å². The fourth-order valence-electron chi connectivity index (χ4n) is 4.79. The van der Waals surface area contributed by atoms with Gasteiger partial charge in [-0.3, -0.25) is 4.99 Å². The minimum atomic E-state index is -3.51. The molecule has 2 aliphatic rings. The normalized spacial score (nSPS) is 18.6. The van der Waals surface area contributed by atoms with Gasteiger partial charge in [0.2, 0.25) is 10.0 Å². The molecule has 34 heavy (non-hydrogen) atoms. The Labute approximate surface area is 203 Å². The summed E-state index contributed by atoms with van der Waals surface area (Å²) in [5.74, 6) is 2.31. The Balaban J connectivity index is 1.41. The summed E-state index contributed by atoms with van der Waals surface area (Å²) < 4.78 is 33.4. The van der Waals surface area contributed by atoms with Crippen LogP contribution in [0.1, 0.15) is 37.8 Å². The lowest BCUT2D eigenvalue weighted by Crippen LogP contribution is -2.64. The number of methoxy groups -OCH3 is 1. The molecule has 2 aliphatic heterocycles. The maximum Gasteiger partial charge on any atom is 0.243 e. The van der Waals surface area contributed by atoms with Crippen molar-refractivity contribution < 1.29 is 13.2 Å². The molecule has 0 radical (unpaired) electrons. The van der Waals surface area contributed by atoms with Crippen molar-refractivity contribution in [3.05, 3.63) is 59.7 Å². The van der Waals surface area contributed by atoms with Gasteiger partial charge in [0.25, 0.3) is 0 Å². The van der Waals surface area contributed by atoms with Crippen LogP contribution in [0, 0.1) is 5.92 Å². The summed E-state index contributed by atoms with van der Waals surface area (Å²) in [6.07, 6.45) is 2.32. The van der Waals surface area contributed by atoms with E-state index in [1.54, 1.807) is 23.5 Å². The van der Waals surface area contributed by atoms with E-state index in [4.69, 9.17) is 9.73 Å².